The van der Waals surface area contributed by atoms with Crippen LogP contribution in [0.3, 0.4) is 0 Å². The van der Waals surface area contributed by atoms with E-state index >= 15 is 0 Å². The summed E-state index contributed by atoms with van der Waals surface area (Å²) >= 11 is 0. The SMILES string of the molecule is CN1C(=O)NC(C)(C)C1=O.[HH]. The van der Waals surface area contributed by atoms with E-state index in [2.05, 4.69) is 5.32 Å². The molecule has 1 saturated heterocycles. The van der Waals surface area contributed by atoms with Crippen molar-refractivity contribution in [3.63, 3.8) is 0 Å². The van der Waals surface area contributed by atoms with Gasteiger partial charge >= 0.3 is 6.03 Å². The van der Waals surface area contributed by atoms with Gasteiger partial charge in [0.2, 0.25) is 0 Å². The van der Waals surface area contributed by atoms with E-state index in [9.17, 15) is 9.59 Å². The van der Waals surface area contributed by atoms with Crippen LogP contribution in [0.15, 0.2) is 0 Å². The standard InChI is InChI=1S/C6H10N2O2.H2/c1-6(2)4(9)8(3)5(10)7-6;/h1-3H3,(H,7,10);1H. The topological polar surface area (TPSA) is 49.4 Å². The van der Waals surface area contributed by atoms with Crippen molar-refractivity contribution in [1.29, 1.82) is 0 Å². The predicted octanol–water partition coefficient (Wildman–Crippen LogP) is 0.193. The summed E-state index contributed by atoms with van der Waals surface area (Å²) in [5.74, 6) is -0.183. The fourth-order valence-electron chi connectivity index (χ4n) is 0.916. The van der Waals surface area contributed by atoms with Crippen molar-refractivity contribution >= 4 is 11.9 Å². The number of urea groups is 1. The van der Waals surface area contributed by atoms with E-state index in [1.165, 1.54) is 7.05 Å². The van der Waals surface area contributed by atoms with Crippen molar-refractivity contribution in [2.24, 2.45) is 0 Å². The highest BCUT2D eigenvalue weighted by molar-refractivity contribution is 6.06. The van der Waals surface area contributed by atoms with Gasteiger partial charge in [-0.15, -0.1) is 0 Å². The van der Waals surface area contributed by atoms with Gasteiger partial charge in [-0.3, -0.25) is 9.69 Å². The van der Waals surface area contributed by atoms with Crippen molar-refractivity contribution in [2.45, 2.75) is 19.4 Å². The molecule has 0 spiro atoms. The number of amides is 3. The molecule has 0 bridgehead atoms. The first-order valence-corrected chi connectivity index (χ1v) is 3.05. The molecule has 0 atom stereocenters. The smallest absolute Gasteiger partial charge is 0.324 e. The highest BCUT2D eigenvalue weighted by Crippen LogP contribution is 2.13. The van der Waals surface area contributed by atoms with E-state index in [0.29, 0.717) is 0 Å². The largest absolute Gasteiger partial charge is 0.324 e. The molecule has 0 unspecified atom stereocenters. The summed E-state index contributed by atoms with van der Waals surface area (Å²) in [6, 6.07) is -0.324. The second kappa shape index (κ2) is 1.71. The first-order valence-electron chi connectivity index (χ1n) is 3.05. The van der Waals surface area contributed by atoms with Crippen LogP contribution in [0.1, 0.15) is 15.3 Å². The summed E-state index contributed by atoms with van der Waals surface area (Å²) in [5.41, 5.74) is -0.716. The van der Waals surface area contributed by atoms with Crippen LogP contribution in [0, 0.1) is 0 Å². The molecule has 10 heavy (non-hydrogen) atoms. The van der Waals surface area contributed by atoms with E-state index in [1.54, 1.807) is 13.8 Å². The van der Waals surface area contributed by atoms with Gasteiger partial charge in [0.25, 0.3) is 5.91 Å². The van der Waals surface area contributed by atoms with Crippen LogP contribution >= 0.6 is 0 Å². The monoisotopic (exact) mass is 144 g/mol. The van der Waals surface area contributed by atoms with Crippen LogP contribution in [0.4, 0.5) is 4.79 Å². The Morgan fingerprint density at radius 3 is 2.10 bits per heavy atom. The highest BCUT2D eigenvalue weighted by Gasteiger charge is 2.41. The van der Waals surface area contributed by atoms with Crippen LogP contribution in [0.5, 0.6) is 0 Å². The summed E-state index contributed by atoms with van der Waals surface area (Å²) < 4.78 is 0. The van der Waals surface area contributed by atoms with Gasteiger partial charge in [0.05, 0.1) is 0 Å². The van der Waals surface area contributed by atoms with Gasteiger partial charge in [0.15, 0.2) is 0 Å². The molecule has 1 N–H and O–H groups in total. The minimum Gasteiger partial charge on any atom is -0.324 e. The molecular formula is C6H12N2O2. The summed E-state index contributed by atoms with van der Waals surface area (Å²) in [6.45, 7) is 3.35. The number of hydrogen-bond acceptors (Lipinski definition) is 2. The Labute approximate surface area is 60.7 Å². The van der Waals surface area contributed by atoms with Crippen LogP contribution < -0.4 is 5.32 Å². The molecular weight excluding hydrogens is 132 g/mol. The van der Waals surface area contributed by atoms with Crippen LogP contribution in [0.25, 0.3) is 0 Å². The maximum atomic E-state index is 11.1. The first kappa shape index (κ1) is 7.05. The van der Waals surface area contributed by atoms with Crippen LogP contribution in [-0.4, -0.2) is 29.4 Å². The number of carbonyl (C=O) groups excluding carboxylic acids is 2. The van der Waals surface area contributed by atoms with E-state index in [1.807, 2.05) is 0 Å². The molecule has 0 aromatic carbocycles. The zero-order valence-corrected chi connectivity index (χ0v) is 6.26. The number of nitrogens with zero attached hydrogens (tertiary/aromatic N) is 1. The van der Waals surface area contributed by atoms with Gasteiger partial charge < -0.3 is 5.32 Å². The minimum atomic E-state index is -0.716. The molecule has 4 heteroatoms. The van der Waals surface area contributed by atoms with E-state index in [0.717, 1.165) is 4.90 Å². The van der Waals surface area contributed by atoms with Crippen LogP contribution in [0.2, 0.25) is 0 Å². The lowest BCUT2D eigenvalue weighted by atomic mass is 10.1. The lowest BCUT2D eigenvalue weighted by Crippen LogP contribution is -2.39. The second-order valence-corrected chi connectivity index (χ2v) is 2.92. The highest BCUT2D eigenvalue weighted by atomic mass is 16.2. The number of hydrogen-bond donors (Lipinski definition) is 1. The maximum absolute atomic E-state index is 11.1. The van der Waals surface area contributed by atoms with Crippen molar-refractivity contribution < 1.29 is 11.0 Å². The Morgan fingerprint density at radius 2 is 2.00 bits per heavy atom. The summed E-state index contributed by atoms with van der Waals surface area (Å²) in [7, 11) is 1.46. The Kier molecular flexibility index (Phi) is 1.21. The molecule has 1 aliphatic heterocycles. The van der Waals surface area contributed by atoms with Crippen molar-refractivity contribution in [2.75, 3.05) is 7.05 Å². The molecule has 3 amide bonds. The Morgan fingerprint density at radius 1 is 1.50 bits per heavy atom. The van der Waals surface area contributed by atoms with Gasteiger partial charge in [-0.1, -0.05) is 0 Å². The molecule has 0 radical (unpaired) electrons. The van der Waals surface area contributed by atoms with Gasteiger partial charge in [0.1, 0.15) is 5.54 Å². The number of nitrogens with one attached hydrogen (secondary N) is 1. The van der Waals surface area contributed by atoms with Crippen molar-refractivity contribution in [1.82, 2.24) is 10.2 Å². The third-order valence-electron chi connectivity index (χ3n) is 1.56. The molecule has 1 rings (SSSR count). The summed E-state index contributed by atoms with van der Waals surface area (Å²) in [4.78, 5) is 23.0. The fraction of sp³-hybridized carbons (Fsp3) is 0.667. The van der Waals surface area contributed by atoms with Crippen molar-refractivity contribution in [3.8, 4) is 0 Å². The third-order valence-corrected chi connectivity index (χ3v) is 1.56. The minimum absolute atomic E-state index is 0. The van der Waals surface area contributed by atoms with E-state index in [-0.39, 0.29) is 13.4 Å². The molecule has 1 fully saturated rings. The van der Waals surface area contributed by atoms with Crippen LogP contribution in [-0.2, 0) is 4.79 Å². The van der Waals surface area contributed by atoms with Gasteiger partial charge in [0, 0.05) is 8.47 Å². The average Bonchev–Trinajstić information content (AvgIpc) is 1.95. The van der Waals surface area contributed by atoms with E-state index < -0.39 is 5.54 Å². The molecule has 58 valence electrons. The molecule has 1 aliphatic rings. The molecule has 4 nitrogen and oxygen atoms in total. The van der Waals surface area contributed by atoms with Gasteiger partial charge in [-0.25, -0.2) is 4.79 Å². The Balaban J connectivity index is 0.000001000. The first-order chi connectivity index (χ1) is 4.45. The molecule has 0 aromatic heterocycles. The second-order valence-electron chi connectivity index (χ2n) is 2.92. The Bertz CT molecular complexity index is 203. The Hall–Kier alpha value is -1.06. The predicted molar refractivity (Wildman–Crippen MR) is 37.5 cm³/mol. The quantitative estimate of drug-likeness (QED) is 0.493. The third kappa shape index (κ3) is 0.761. The van der Waals surface area contributed by atoms with Gasteiger partial charge in [-0.05, 0) is 13.8 Å². The number of likely N-dealkylation sites (N-methyl/N-ethyl adjacent to an activating group) is 1. The van der Waals surface area contributed by atoms with Crippen molar-refractivity contribution in [3.05, 3.63) is 0 Å². The number of imide groups is 1. The zero-order valence-electron chi connectivity index (χ0n) is 6.26. The molecule has 0 saturated carbocycles. The maximum Gasteiger partial charge on any atom is 0.324 e. The number of carbonyl (C=O) groups is 2. The lowest BCUT2D eigenvalue weighted by molar-refractivity contribution is -0.129. The lowest BCUT2D eigenvalue weighted by Gasteiger charge is -2.12. The zero-order chi connectivity index (χ0) is 7.94. The number of rotatable bonds is 0. The summed E-state index contributed by atoms with van der Waals surface area (Å²) in [6.07, 6.45) is 0. The molecule has 1 heterocycles. The van der Waals surface area contributed by atoms with E-state index in [4.69, 9.17) is 0 Å². The van der Waals surface area contributed by atoms with Gasteiger partial charge in [-0.2, -0.15) is 0 Å². The average molecular weight is 144 g/mol. The molecule has 0 aromatic rings. The fourth-order valence-corrected chi connectivity index (χ4v) is 0.916. The summed E-state index contributed by atoms with van der Waals surface area (Å²) in [5, 5.41) is 2.53. The normalized spacial score (nSPS) is 23.3. The molecule has 0 aliphatic carbocycles.